The number of hydrogen-bond acceptors (Lipinski definition) is 10. The second-order valence-electron chi connectivity index (χ2n) is 15.1. The van der Waals surface area contributed by atoms with E-state index in [1.54, 1.807) is 36.3 Å². The smallest absolute Gasteiger partial charge is 0.319 e. The van der Waals surface area contributed by atoms with Gasteiger partial charge in [-0.05, 0) is 80.1 Å². The number of alkyl halides is 1. The van der Waals surface area contributed by atoms with Gasteiger partial charge in [-0.15, -0.1) is 6.42 Å². The van der Waals surface area contributed by atoms with E-state index in [1.807, 2.05) is 18.7 Å². The summed E-state index contributed by atoms with van der Waals surface area (Å²) < 4.78 is 58.3. The second-order valence-corrected chi connectivity index (χ2v) is 15.1. The molecular formula is C44H44F3N7O4. The number of aromatic nitrogens is 3. The van der Waals surface area contributed by atoms with E-state index in [2.05, 4.69) is 20.8 Å². The number of nitrogens with zero attached hydrogens (tertiary/aromatic N) is 6. The molecule has 0 spiro atoms. The molecule has 4 aliphatic rings. The molecule has 0 saturated carbocycles. The van der Waals surface area contributed by atoms with Crippen LogP contribution in [0.2, 0.25) is 0 Å². The fraction of sp³-hybridized carbons (Fsp3) is 0.386. The van der Waals surface area contributed by atoms with Crippen LogP contribution in [-0.4, -0.2) is 105 Å². The van der Waals surface area contributed by atoms with Gasteiger partial charge in [0.2, 0.25) is 0 Å². The number of piperazine rings is 1. The van der Waals surface area contributed by atoms with Crippen LogP contribution in [0.5, 0.6) is 17.5 Å². The highest BCUT2D eigenvalue weighted by atomic mass is 19.1. The molecule has 9 rings (SSSR count). The molecule has 14 heteroatoms. The summed E-state index contributed by atoms with van der Waals surface area (Å²) in [6, 6.07) is 11.5. The number of amides is 1. The number of phenols is 1. The van der Waals surface area contributed by atoms with Crippen LogP contribution < -0.4 is 14.4 Å². The molecular weight excluding hydrogens is 748 g/mol. The zero-order valence-corrected chi connectivity index (χ0v) is 32.6. The van der Waals surface area contributed by atoms with Crippen molar-refractivity contribution in [2.45, 2.75) is 69.7 Å². The largest absolute Gasteiger partial charge is 0.508 e. The van der Waals surface area contributed by atoms with Crippen LogP contribution in [0.3, 0.4) is 0 Å². The van der Waals surface area contributed by atoms with Gasteiger partial charge in [0.1, 0.15) is 52.8 Å². The minimum atomic E-state index is -0.978. The first-order valence-electron chi connectivity index (χ1n) is 19.7. The number of carbonyl (C=O) groups is 1. The first-order chi connectivity index (χ1) is 28.1. The maximum Gasteiger partial charge on any atom is 0.319 e. The van der Waals surface area contributed by atoms with Crippen LogP contribution in [0.25, 0.3) is 32.9 Å². The summed E-state index contributed by atoms with van der Waals surface area (Å²) in [6.07, 6.45) is 9.56. The molecule has 4 fully saturated rings. The summed E-state index contributed by atoms with van der Waals surface area (Å²) in [5.41, 5.74) is -0.494. The predicted molar refractivity (Wildman–Crippen MR) is 215 cm³/mol. The third-order valence-corrected chi connectivity index (χ3v) is 11.9. The second kappa shape index (κ2) is 15.4. The molecule has 58 heavy (non-hydrogen) atoms. The average Bonchev–Trinajstić information content (AvgIpc) is 3.86. The number of phenolic OH excluding ortho intramolecular Hbond substituents is 1. The number of anilines is 1. The topological polar surface area (TPSA) is 128 Å². The maximum atomic E-state index is 17.1. The zero-order valence-electron chi connectivity index (χ0n) is 32.6. The van der Waals surface area contributed by atoms with Gasteiger partial charge in [0, 0.05) is 48.8 Å². The van der Waals surface area contributed by atoms with Crippen molar-refractivity contribution in [3.05, 3.63) is 77.5 Å². The summed E-state index contributed by atoms with van der Waals surface area (Å²) in [5.74, 6) is 1.23. The van der Waals surface area contributed by atoms with Crippen molar-refractivity contribution in [2.75, 3.05) is 44.8 Å². The Morgan fingerprint density at radius 2 is 1.81 bits per heavy atom. The molecule has 0 aliphatic carbocycles. The standard InChI is InChI=1S/C42H38F3N7O4.C2H6/c1-3-30-33(44)12-7-24-15-28(53)16-31(34(24)30)37-35(45)38-32(18-47-37)39(49-41(48-38)56-22-42-13-4-14-51(42)19-25(43)17-42)50-20-26-8-9-27(21-50)52(26)40(54)36(46)23-5-10-29(55-2)11-6-23;1-2/h1,5-7,10-12,15-16,18,25-27,46,53H,4,8-9,13-14,17,19-22H2,2H3;1-2H3/t25?,26-,27?,42?;/m1./s1. The van der Waals surface area contributed by atoms with Gasteiger partial charge < -0.3 is 24.4 Å². The summed E-state index contributed by atoms with van der Waals surface area (Å²) in [6.45, 7) is 5.89. The molecule has 5 aromatic rings. The Balaban J connectivity index is 0.00000231. The van der Waals surface area contributed by atoms with Crippen LogP contribution in [-0.2, 0) is 4.79 Å². The molecule has 11 nitrogen and oxygen atoms in total. The molecule has 2 N–H and O–H groups in total. The molecule has 4 atom stereocenters. The number of benzene rings is 3. The Bertz CT molecular complexity index is 2460. The molecule has 2 bridgehead atoms. The molecule has 3 aromatic carbocycles. The average molecular weight is 792 g/mol. The van der Waals surface area contributed by atoms with E-state index in [4.69, 9.17) is 26.3 Å². The molecule has 6 heterocycles. The third kappa shape index (κ3) is 6.61. The lowest BCUT2D eigenvalue weighted by atomic mass is 9.95. The minimum absolute atomic E-state index is 0.0828. The summed E-state index contributed by atoms with van der Waals surface area (Å²) in [4.78, 5) is 33.6. The van der Waals surface area contributed by atoms with E-state index in [0.717, 1.165) is 19.4 Å². The summed E-state index contributed by atoms with van der Waals surface area (Å²) in [5, 5.41) is 20.3. The summed E-state index contributed by atoms with van der Waals surface area (Å²) >= 11 is 0. The van der Waals surface area contributed by atoms with Crippen molar-refractivity contribution in [1.82, 2.24) is 24.8 Å². The number of nitrogens with one attached hydrogen (secondary N) is 1. The Kier molecular flexibility index (Phi) is 10.4. The highest BCUT2D eigenvalue weighted by molar-refractivity contribution is 6.44. The number of halogens is 3. The highest BCUT2D eigenvalue weighted by Gasteiger charge is 2.50. The maximum absolute atomic E-state index is 17.1. The number of pyridine rings is 1. The lowest BCUT2D eigenvalue weighted by Gasteiger charge is -2.42. The zero-order chi connectivity index (χ0) is 40.9. The molecule has 4 saturated heterocycles. The van der Waals surface area contributed by atoms with E-state index < -0.39 is 23.3 Å². The molecule has 300 valence electrons. The number of terminal acetylenes is 1. The van der Waals surface area contributed by atoms with Crippen molar-refractivity contribution in [3.63, 3.8) is 0 Å². The lowest BCUT2D eigenvalue weighted by Crippen LogP contribution is -2.57. The Morgan fingerprint density at radius 3 is 2.52 bits per heavy atom. The number of hydrogen-bond donors (Lipinski definition) is 2. The molecule has 1 amide bonds. The normalized spacial score (nSPS) is 22.4. The number of fused-ring (bicyclic) bond motifs is 5. The van der Waals surface area contributed by atoms with E-state index in [0.29, 0.717) is 61.4 Å². The Morgan fingerprint density at radius 1 is 1.07 bits per heavy atom. The van der Waals surface area contributed by atoms with Gasteiger partial charge in [0.15, 0.2) is 5.82 Å². The van der Waals surface area contributed by atoms with E-state index in [9.17, 15) is 18.7 Å². The quantitative estimate of drug-likeness (QED) is 0.126. The van der Waals surface area contributed by atoms with Gasteiger partial charge >= 0.3 is 6.01 Å². The number of carbonyl (C=O) groups excluding carboxylic acids is 1. The van der Waals surface area contributed by atoms with Gasteiger partial charge in [-0.2, -0.15) is 9.97 Å². The van der Waals surface area contributed by atoms with Crippen molar-refractivity contribution < 1.29 is 32.5 Å². The predicted octanol–water partition coefficient (Wildman–Crippen LogP) is 7.05. The Hall–Kier alpha value is -5.94. The third-order valence-electron chi connectivity index (χ3n) is 11.9. The lowest BCUT2D eigenvalue weighted by molar-refractivity contribution is -0.127. The fourth-order valence-electron chi connectivity index (χ4n) is 9.33. The fourth-order valence-corrected chi connectivity index (χ4v) is 9.33. The van der Waals surface area contributed by atoms with Gasteiger partial charge in [0.25, 0.3) is 5.91 Å². The highest BCUT2D eigenvalue weighted by Crippen LogP contribution is 2.43. The first kappa shape index (κ1) is 38.9. The van der Waals surface area contributed by atoms with Crippen molar-refractivity contribution in [2.24, 2.45) is 0 Å². The van der Waals surface area contributed by atoms with Crippen molar-refractivity contribution >= 4 is 39.1 Å². The SMILES string of the molecule is C#Cc1c(F)ccc2cc(O)cc(-c3ncc4c(N5CC6CC[C@H](C5)N6C(=O)C(=N)c5ccc(OC)cc5)nc(OCC56CCCN5CC(F)C6)nc4c3F)c12.CC. The van der Waals surface area contributed by atoms with Crippen molar-refractivity contribution in [3.8, 4) is 41.1 Å². The van der Waals surface area contributed by atoms with Crippen LogP contribution >= 0.6 is 0 Å². The molecule has 2 aromatic heterocycles. The monoisotopic (exact) mass is 791 g/mol. The van der Waals surface area contributed by atoms with Gasteiger partial charge in [0.05, 0.1) is 35.7 Å². The number of aromatic hydroxyl groups is 1. The molecule has 4 aliphatic heterocycles. The van der Waals surface area contributed by atoms with E-state index in [-0.39, 0.29) is 75.2 Å². The minimum Gasteiger partial charge on any atom is -0.508 e. The van der Waals surface area contributed by atoms with E-state index in [1.165, 1.54) is 30.5 Å². The summed E-state index contributed by atoms with van der Waals surface area (Å²) in [7, 11) is 1.55. The van der Waals surface area contributed by atoms with E-state index >= 15 is 4.39 Å². The van der Waals surface area contributed by atoms with Crippen LogP contribution in [0.15, 0.2) is 54.7 Å². The number of methoxy groups -OCH3 is 1. The van der Waals surface area contributed by atoms with Crippen LogP contribution in [0.1, 0.15) is 57.1 Å². The van der Waals surface area contributed by atoms with Gasteiger partial charge in [-0.3, -0.25) is 20.1 Å². The molecule has 0 radical (unpaired) electrons. The number of ether oxygens (including phenoxy) is 2. The number of rotatable bonds is 8. The van der Waals surface area contributed by atoms with Crippen molar-refractivity contribution in [1.29, 1.82) is 5.41 Å². The van der Waals surface area contributed by atoms with Crippen LogP contribution in [0.4, 0.5) is 19.0 Å². The van der Waals surface area contributed by atoms with Gasteiger partial charge in [-0.25, -0.2) is 13.2 Å². The van der Waals surface area contributed by atoms with Gasteiger partial charge in [-0.1, -0.05) is 25.8 Å². The first-order valence-corrected chi connectivity index (χ1v) is 19.7. The van der Waals surface area contributed by atoms with Crippen LogP contribution in [0, 0.1) is 29.4 Å². The molecule has 3 unspecified atom stereocenters. The Labute approximate surface area is 334 Å².